The molecule has 3 aromatic rings. The molecule has 25 heavy (non-hydrogen) atoms. The van der Waals surface area contributed by atoms with Crippen molar-refractivity contribution in [1.29, 1.82) is 5.26 Å². The molecule has 0 aliphatic heterocycles. The second-order valence-electron chi connectivity index (χ2n) is 4.84. The third-order valence-corrected chi connectivity index (χ3v) is 4.22. The van der Waals surface area contributed by atoms with Crippen molar-refractivity contribution >= 4 is 32.2 Å². The van der Waals surface area contributed by atoms with Gasteiger partial charge in [-0.15, -0.1) is 10.2 Å². The number of nitrogens with zero attached hydrogens (tertiary/aromatic N) is 4. The van der Waals surface area contributed by atoms with Crippen LogP contribution in [0.5, 0.6) is 5.75 Å². The van der Waals surface area contributed by atoms with Crippen LogP contribution in [0.4, 0.5) is 5.69 Å². The second kappa shape index (κ2) is 6.19. The number of rotatable bonds is 4. The van der Waals surface area contributed by atoms with E-state index >= 15 is 0 Å². The van der Waals surface area contributed by atoms with Crippen molar-refractivity contribution < 1.29 is 18.1 Å². The van der Waals surface area contributed by atoms with E-state index in [1.807, 2.05) is 6.07 Å². The average molecular weight is 358 g/mol. The molecule has 0 aliphatic carbocycles. The number of aromatic hydroxyl groups is 1. The Hall–Kier alpha value is -3.49. The minimum atomic E-state index is -4.53. The van der Waals surface area contributed by atoms with Crippen LogP contribution >= 0.6 is 0 Å². The molecule has 0 radical (unpaired) electrons. The first-order valence-electron chi connectivity index (χ1n) is 6.74. The van der Waals surface area contributed by atoms with Crippen LogP contribution in [0.3, 0.4) is 0 Å². The van der Waals surface area contributed by atoms with E-state index in [1.165, 1.54) is 12.3 Å². The highest BCUT2D eigenvalue weighted by atomic mass is 32.2. The summed E-state index contributed by atoms with van der Waals surface area (Å²) in [7, 11) is -4.53. The maximum Gasteiger partial charge on any atom is 0.295 e. The fourth-order valence-electron chi connectivity index (χ4n) is 2.26. The summed E-state index contributed by atoms with van der Waals surface area (Å²) < 4.78 is 32.4. The first-order chi connectivity index (χ1) is 11.9. The maximum absolute atomic E-state index is 11.5. The van der Waals surface area contributed by atoms with Crippen LogP contribution < -0.4 is 5.32 Å². The maximum atomic E-state index is 11.5. The number of aromatic amines is 1. The highest BCUT2D eigenvalue weighted by Crippen LogP contribution is 2.37. The monoisotopic (exact) mass is 358 g/mol. The minimum Gasteiger partial charge on any atom is -0.506 e. The molecule has 1 aromatic heterocycles. The van der Waals surface area contributed by atoms with Gasteiger partial charge in [-0.2, -0.15) is 18.9 Å². The van der Waals surface area contributed by atoms with Gasteiger partial charge in [0.2, 0.25) is 5.82 Å². The van der Waals surface area contributed by atoms with Crippen molar-refractivity contribution in [2.45, 2.75) is 4.90 Å². The van der Waals surface area contributed by atoms with Crippen LogP contribution in [0.15, 0.2) is 41.4 Å². The molecule has 4 N–H and O–H groups in total. The zero-order valence-electron chi connectivity index (χ0n) is 12.4. The molecule has 2 aromatic carbocycles. The van der Waals surface area contributed by atoms with E-state index in [4.69, 9.17) is 5.26 Å². The predicted molar refractivity (Wildman–Crippen MR) is 86.8 cm³/mol. The quantitative estimate of drug-likeness (QED) is 0.305. The van der Waals surface area contributed by atoms with Gasteiger partial charge in [0.25, 0.3) is 10.1 Å². The minimum absolute atomic E-state index is 0.0380. The lowest BCUT2D eigenvalue weighted by atomic mass is 10.1. The predicted octanol–water partition coefficient (Wildman–Crippen LogP) is 1.28. The Balaban J connectivity index is 2.15. The van der Waals surface area contributed by atoms with Crippen molar-refractivity contribution in [3.8, 4) is 11.8 Å². The Bertz CT molecular complexity index is 1120. The molecular weight excluding hydrogens is 348 g/mol. The molecule has 0 spiro atoms. The van der Waals surface area contributed by atoms with Crippen LogP contribution in [-0.4, -0.2) is 38.7 Å². The molecule has 1 heterocycles. The molecular formula is C14H10N6O4S. The number of nitrogens with one attached hydrogen (secondary N) is 2. The molecule has 0 amide bonds. The summed E-state index contributed by atoms with van der Waals surface area (Å²) in [6.45, 7) is 0. The van der Waals surface area contributed by atoms with Crippen molar-refractivity contribution in [3.05, 3.63) is 42.4 Å². The summed E-state index contributed by atoms with van der Waals surface area (Å²) in [5.74, 6) is -0.374. The Morgan fingerprint density at radius 3 is 2.64 bits per heavy atom. The molecule has 0 aliphatic rings. The number of phenolic OH excluding ortho intramolecular Hbond substituents is 1. The van der Waals surface area contributed by atoms with Crippen molar-refractivity contribution in [2.24, 2.45) is 0 Å². The van der Waals surface area contributed by atoms with E-state index in [1.54, 1.807) is 18.2 Å². The molecule has 0 saturated carbocycles. The number of nitriles is 1. The van der Waals surface area contributed by atoms with E-state index in [-0.39, 0.29) is 22.5 Å². The van der Waals surface area contributed by atoms with Gasteiger partial charge in [-0.25, -0.2) is 0 Å². The number of aromatic nitrogens is 4. The highest BCUT2D eigenvalue weighted by molar-refractivity contribution is 7.86. The van der Waals surface area contributed by atoms with E-state index < -0.39 is 20.8 Å². The van der Waals surface area contributed by atoms with Gasteiger partial charge in [0, 0.05) is 23.0 Å². The van der Waals surface area contributed by atoms with Crippen LogP contribution in [-0.2, 0) is 10.1 Å². The molecule has 11 heteroatoms. The fourth-order valence-corrected chi connectivity index (χ4v) is 2.98. The number of allylic oxidation sites excluding steroid dienone is 1. The number of hydrogen-bond donors (Lipinski definition) is 4. The molecule has 3 rings (SSSR count). The number of benzene rings is 2. The number of fused-ring (bicyclic) bond motifs is 1. The van der Waals surface area contributed by atoms with Gasteiger partial charge in [0.1, 0.15) is 22.3 Å². The Morgan fingerprint density at radius 1 is 1.32 bits per heavy atom. The molecule has 0 unspecified atom stereocenters. The molecule has 0 bridgehead atoms. The van der Waals surface area contributed by atoms with E-state index in [0.717, 1.165) is 6.07 Å². The van der Waals surface area contributed by atoms with Crippen LogP contribution in [0, 0.1) is 11.3 Å². The van der Waals surface area contributed by atoms with Crippen molar-refractivity contribution in [1.82, 2.24) is 20.6 Å². The van der Waals surface area contributed by atoms with E-state index in [2.05, 4.69) is 25.9 Å². The van der Waals surface area contributed by atoms with Gasteiger partial charge in [-0.1, -0.05) is 24.3 Å². The van der Waals surface area contributed by atoms with E-state index in [9.17, 15) is 18.1 Å². The average Bonchev–Trinajstić information content (AvgIpc) is 3.10. The second-order valence-corrected chi connectivity index (χ2v) is 6.23. The van der Waals surface area contributed by atoms with Gasteiger partial charge >= 0.3 is 0 Å². The van der Waals surface area contributed by atoms with Gasteiger partial charge in [0.05, 0.1) is 5.69 Å². The van der Waals surface area contributed by atoms with Gasteiger partial charge in [0.15, 0.2) is 0 Å². The smallest absolute Gasteiger partial charge is 0.295 e. The first-order valence-corrected chi connectivity index (χ1v) is 8.18. The molecule has 126 valence electrons. The summed E-state index contributed by atoms with van der Waals surface area (Å²) in [6, 6.07) is 9.06. The largest absolute Gasteiger partial charge is 0.506 e. The van der Waals surface area contributed by atoms with Crippen LogP contribution in [0.2, 0.25) is 0 Å². The number of hydrogen-bond acceptors (Lipinski definition) is 8. The van der Waals surface area contributed by atoms with E-state index in [0.29, 0.717) is 5.39 Å². The standard InChI is InChI=1S/C14H10N6O4S/c15-6-8(14-17-19-20-18-14)7-16-13-10-4-2-1-3-9(10)12(5-11(13)21)25(22,23)24/h1-5,7,16,21H,(H,22,23,24)(H,17,18,19,20). The number of anilines is 1. The zero-order valence-corrected chi connectivity index (χ0v) is 13.2. The van der Waals surface area contributed by atoms with Crippen LogP contribution in [0.1, 0.15) is 5.82 Å². The highest BCUT2D eigenvalue weighted by Gasteiger charge is 2.19. The Labute approximate surface area is 141 Å². The van der Waals surface area contributed by atoms with Gasteiger partial charge < -0.3 is 10.4 Å². The number of phenols is 1. The molecule has 0 saturated heterocycles. The molecule has 10 nitrogen and oxygen atoms in total. The number of H-pyrrole nitrogens is 1. The lowest BCUT2D eigenvalue weighted by molar-refractivity contribution is 0.469. The Kier molecular flexibility index (Phi) is 4.05. The van der Waals surface area contributed by atoms with Crippen molar-refractivity contribution in [3.63, 3.8) is 0 Å². The number of tetrazole rings is 1. The van der Waals surface area contributed by atoms with Crippen LogP contribution in [0.25, 0.3) is 16.3 Å². The zero-order chi connectivity index (χ0) is 18.0. The summed E-state index contributed by atoms with van der Waals surface area (Å²) in [6.07, 6.45) is 1.25. The Morgan fingerprint density at radius 2 is 2.04 bits per heavy atom. The third kappa shape index (κ3) is 3.11. The topological polar surface area (TPSA) is 165 Å². The molecule has 0 atom stereocenters. The van der Waals surface area contributed by atoms with Crippen molar-refractivity contribution in [2.75, 3.05) is 5.32 Å². The van der Waals surface area contributed by atoms with Gasteiger partial charge in [-0.05, 0) is 5.21 Å². The normalized spacial score (nSPS) is 12.1. The molecule has 0 fully saturated rings. The summed E-state index contributed by atoms with van der Waals surface area (Å²) in [4.78, 5) is -0.422. The SMILES string of the molecule is N#CC(=CNc1c(O)cc(S(=O)(=O)O)c2ccccc12)c1nn[nH]n1. The summed E-state index contributed by atoms with van der Waals surface area (Å²) >= 11 is 0. The third-order valence-electron chi connectivity index (χ3n) is 3.33. The van der Waals surface area contributed by atoms with Gasteiger partial charge in [-0.3, -0.25) is 4.55 Å². The summed E-state index contributed by atoms with van der Waals surface area (Å²) in [5, 5.41) is 35.5. The fraction of sp³-hybridized carbons (Fsp3) is 0. The first kappa shape index (κ1) is 16.4. The summed E-state index contributed by atoms with van der Waals surface area (Å²) in [5.41, 5.74) is 0.190. The lowest BCUT2D eigenvalue weighted by Gasteiger charge is -2.12. The lowest BCUT2D eigenvalue weighted by Crippen LogP contribution is -2.01.